The van der Waals surface area contributed by atoms with E-state index in [1.54, 1.807) is 16.8 Å². The molecule has 0 saturated carbocycles. The number of esters is 1. The van der Waals surface area contributed by atoms with Crippen LogP contribution >= 0.6 is 11.6 Å². The first kappa shape index (κ1) is 21.0. The molecule has 1 amide bonds. The second-order valence-electron chi connectivity index (χ2n) is 7.12. The van der Waals surface area contributed by atoms with Crippen LogP contribution in [0.4, 0.5) is 0 Å². The maximum absolute atomic E-state index is 12.4. The molecule has 1 N–H and O–H groups in total. The van der Waals surface area contributed by atoms with E-state index in [4.69, 9.17) is 16.3 Å². The van der Waals surface area contributed by atoms with Crippen LogP contribution in [0.25, 0.3) is 5.82 Å². The lowest BCUT2D eigenvalue weighted by molar-refractivity contribution is -0.124. The van der Waals surface area contributed by atoms with Crippen LogP contribution in [-0.2, 0) is 9.53 Å². The van der Waals surface area contributed by atoms with Gasteiger partial charge >= 0.3 is 5.97 Å². The number of nitrogens with one attached hydrogen (secondary N) is 1. The Hall–Kier alpha value is -2.67. The number of aromatic nitrogens is 3. The Labute approximate surface area is 175 Å². The number of hydrogen-bond donors (Lipinski definition) is 1. The summed E-state index contributed by atoms with van der Waals surface area (Å²) in [6.07, 6.45) is 7.74. The average molecular weight is 417 g/mol. The predicted octanol–water partition coefficient (Wildman–Crippen LogP) is 3.70. The van der Waals surface area contributed by atoms with Gasteiger partial charge < -0.3 is 10.1 Å². The normalized spacial score (nSPS) is 13.7. The van der Waals surface area contributed by atoms with Gasteiger partial charge in [-0.1, -0.05) is 23.3 Å². The highest BCUT2D eigenvalue weighted by Crippen LogP contribution is 2.20. The van der Waals surface area contributed by atoms with E-state index in [1.165, 1.54) is 18.4 Å². The van der Waals surface area contributed by atoms with Crippen molar-refractivity contribution < 1.29 is 14.3 Å². The molecule has 0 aromatic carbocycles. The minimum absolute atomic E-state index is 0.0446. The molecule has 1 aliphatic rings. The van der Waals surface area contributed by atoms with Crippen LogP contribution in [0.2, 0.25) is 5.02 Å². The molecule has 0 radical (unpaired) electrons. The number of allylic oxidation sites excluding steroid dienone is 1. The fourth-order valence-corrected chi connectivity index (χ4v) is 3.48. The second-order valence-corrected chi connectivity index (χ2v) is 7.53. The van der Waals surface area contributed by atoms with Crippen LogP contribution < -0.4 is 5.32 Å². The summed E-state index contributed by atoms with van der Waals surface area (Å²) in [5.74, 6) is -0.638. The van der Waals surface area contributed by atoms with Gasteiger partial charge in [0, 0.05) is 12.2 Å². The summed E-state index contributed by atoms with van der Waals surface area (Å²) in [7, 11) is 0. The molecule has 2 aromatic heterocycles. The van der Waals surface area contributed by atoms with Gasteiger partial charge in [0.1, 0.15) is 0 Å². The lowest BCUT2D eigenvalue weighted by Gasteiger charge is -2.13. The van der Waals surface area contributed by atoms with Crippen molar-refractivity contribution in [3.05, 3.63) is 52.0 Å². The topological polar surface area (TPSA) is 86.1 Å². The third-order valence-corrected chi connectivity index (χ3v) is 5.04. The molecule has 0 atom stereocenters. The molecule has 0 unspecified atom stereocenters. The number of carbonyl (C=O) groups excluding carboxylic acids is 2. The van der Waals surface area contributed by atoms with Crippen LogP contribution in [-0.4, -0.2) is 39.8 Å². The van der Waals surface area contributed by atoms with Crippen LogP contribution in [0.1, 0.15) is 54.0 Å². The van der Waals surface area contributed by atoms with Crippen molar-refractivity contribution >= 4 is 23.5 Å². The number of hydrogen-bond acceptors (Lipinski definition) is 5. The van der Waals surface area contributed by atoms with E-state index >= 15 is 0 Å². The smallest absolute Gasteiger partial charge is 0.359 e. The molecule has 29 heavy (non-hydrogen) atoms. The standard InChI is InChI=1S/C21H25ClN4O3/c1-14-12-15(2)26(25-14)18-9-8-17(22)20(24-18)21(28)29-13-19(27)23-11-10-16-6-4-3-5-7-16/h6,8-9,12H,3-5,7,10-11,13H2,1-2H3,(H,23,27). The Morgan fingerprint density at radius 2 is 2.10 bits per heavy atom. The highest BCUT2D eigenvalue weighted by molar-refractivity contribution is 6.33. The number of halogens is 1. The monoisotopic (exact) mass is 416 g/mol. The van der Waals surface area contributed by atoms with Gasteiger partial charge in [-0.15, -0.1) is 0 Å². The molecule has 154 valence electrons. The fraction of sp³-hybridized carbons (Fsp3) is 0.429. The number of amides is 1. The van der Waals surface area contributed by atoms with Gasteiger partial charge in [-0.05, 0) is 64.2 Å². The van der Waals surface area contributed by atoms with Crippen LogP contribution in [0, 0.1) is 13.8 Å². The molecule has 0 aliphatic heterocycles. The molecule has 0 saturated heterocycles. The summed E-state index contributed by atoms with van der Waals surface area (Å²) in [6.45, 7) is 3.93. The minimum atomic E-state index is -0.747. The Bertz CT molecular complexity index is 936. The molecule has 3 rings (SSSR count). The zero-order chi connectivity index (χ0) is 20.8. The molecular weight excluding hydrogens is 392 g/mol. The number of pyridine rings is 1. The molecule has 1 aliphatic carbocycles. The van der Waals surface area contributed by atoms with Crippen LogP contribution in [0.15, 0.2) is 29.8 Å². The van der Waals surface area contributed by atoms with E-state index in [0.717, 1.165) is 30.7 Å². The van der Waals surface area contributed by atoms with E-state index < -0.39 is 5.97 Å². The van der Waals surface area contributed by atoms with Gasteiger partial charge in [0.15, 0.2) is 18.1 Å². The van der Waals surface area contributed by atoms with Crippen molar-refractivity contribution in [1.29, 1.82) is 0 Å². The molecule has 2 aromatic rings. The van der Waals surface area contributed by atoms with E-state index in [-0.39, 0.29) is 23.2 Å². The summed E-state index contributed by atoms with van der Waals surface area (Å²) in [5, 5.41) is 7.28. The minimum Gasteiger partial charge on any atom is -0.451 e. The summed E-state index contributed by atoms with van der Waals surface area (Å²) in [4.78, 5) is 28.6. The van der Waals surface area contributed by atoms with Crippen molar-refractivity contribution in [2.45, 2.75) is 46.0 Å². The number of nitrogens with zero attached hydrogens (tertiary/aromatic N) is 3. The zero-order valence-corrected chi connectivity index (χ0v) is 17.5. The van der Waals surface area contributed by atoms with E-state index in [2.05, 4.69) is 21.5 Å². The number of ether oxygens (including phenoxy) is 1. The third kappa shape index (κ3) is 5.67. The Morgan fingerprint density at radius 1 is 1.28 bits per heavy atom. The van der Waals surface area contributed by atoms with Crippen LogP contribution in [0.5, 0.6) is 0 Å². The Kier molecular flexibility index (Phi) is 7.04. The van der Waals surface area contributed by atoms with Crippen molar-refractivity contribution in [3.8, 4) is 5.82 Å². The fourth-order valence-electron chi connectivity index (χ4n) is 3.30. The van der Waals surface area contributed by atoms with Crippen molar-refractivity contribution in [2.24, 2.45) is 0 Å². The average Bonchev–Trinajstić information content (AvgIpc) is 3.05. The second kappa shape index (κ2) is 9.69. The van der Waals surface area contributed by atoms with E-state index in [9.17, 15) is 9.59 Å². The van der Waals surface area contributed by atoms with Gasteiger partial charge in [0.25, 0.3) is 5.91 Å². The summed E-state index contributed by atoms with van der Waals surface area (Å²) in [5.41, 5.74) is 3.05. The quantitative estimate of drug-likeness (QED) is 0.549. The van der Waals surface area contributed by atoms with Gasteiger partial charge in [0.05, 0.1) is 10.7 Å². The zero-order valence-electron chi connectivity index (χ0n) is 16.7. The predicted molar refractivity (Wildman–Crippen MR) is 110 cm³/mol. The highest BCUT2D eigenvalue weighted by atomic mass is 35.5. The van der Waals surface area contributed by atoms with Gasteiger partial charge in [0.2, 0.25) is 0 Å². The summed E-state index contributed by atoms with van der Waals surface area (Å²) >= 11 is 6.11. The van der Waals surface area contributed by atoms with Crippen molar-refractivity contribution in [1.82, 2.24) is 20.1 Å². The molecule has 0 bridgehead atoms. The Balaban J connectivity index is 1.54. The molecule has 8 heteroatoms. The maximum atomic E-state index is 12.4. The first-order valence-electron chi connectivity index (χ1n) is 9.76. The summed E-state index contributed by atoms with van der Waals surface area (Å²) in [6, 6.07) is 5.14. The third-order valence-electron chi connectivity index (χ3n) is 4.74. The Morgan fingerprint density at radius 3 is 2.79 bits per heavy atom. The number of carbonyl (C=O) groups is 2. The number of aryl methyl sites for hydroxylation is 2. The summed E-state index contributed by atoms with van der Waals surface area (Å²) < 4.78 is 6.72. The maximum Gasteiger partial charge on any atom is 0.359 e. The SMILES string of the molecule is Cc1cc(C)n(-c2ccc(Cl)c(C(=O)OCC(=O)NCCC3=CCCCC3)n2)n1. The van der Waals surface area contributed by atoms with Crippen molar-refractivity contribution in [2.75, 3.05) is 13.2 Å². The van der Waals surface area contributed by atoms with Gasteiger partial charge in [-0.2, -0.15) is 5.10 Å². The lowest BCUT2D eigenvalue weighted by atomic mass is 9.97. The molecule has 2 heterocycles. The molecule has 0 spiro atoms. The largest absolute Gasteiger partial charge is 0.451 e. The first-order chi connectivity index (χ1) is 13.9. The lowest BCUT2D eigenvalue weighted by Crippen LogP contribution is -2.30. The molecule has 0 fully saturated rings. The highest BCUT2D eigenvalue weighted by Gasteiger charge is 2.18. The first-order valence-corrected chi connectivity index (χ1v) is 10.1. The van der Waals surface area contributed by atoms with Crippen molar-refractivity contribution in [3.63, 3.8) is 0 Å². The van der Waals surface area contributed by atoms with Crippen LogP contribution in [0.3, 0.4) is 0 Å². The van der Waals surface area contributed by atoms with E-state index in [1.807, 2.05) is 19.9 Å². The van der Waals surface area contributed by atoms with Gasteiger partial charge in [-0.25, -0.2) is 14.5 Å². The molecular formula is C21H25ClN4O3. The molecule has 7 nitrogen and oxygen atoms in total. The number of rotatable bonds is 7. The van der Waals surface area contributed by atoms with E-state index in [0.29, 0.717) is 12.4 Å². The van der Waals surface area contributed by atoms with Gasteiger partial charge in [-0.3, -0.25) is 4.79 Å².